The minimum Gasteiger partial charge on any atom is -0.432 e. The summed E-state index contributed by atoms with van der Waals surface area (Å²) in [6.07, 6.45) is 2.97. The van der Waals surface area contributed by atoms with E-state index < -0.39 is 18.1 Å². The molecule has 1 fully saturated rings. The van der Waals surface area contributed by atoms with Crippen molar-refractivity contribution in [1.29, 1.82) is 0 Å². The van der Waals surface area contributed by atoms with Crippen molar-refractivity contribution in [3.05, 3.63) is 28.6 Å². The van der Waals surface area contributed by atoms with E-state index in [1.54, 1.807) is 5.38 Å². The van der Waals surface area contributed by atoms with E-state index in [1.165, 1.54) is 23.1 Å². The van der Waals surface area contributed by atoms with Gasteiger partial charge in [-0.2, -0.15) is 8.78 Å². The summed E-state index contributed by atoms with van der Waals surface area (Å²) in [6.45, 7) is -0.594. The van der Waals surface area contributed by atoms with Gasteiger partial charge in [-0.05, 0) is 13.3 Å². The van der Waals surface area contributed by atoms with Gasteiger partial charge in [0.15, 0.2) is 10.9 Å². The number of fused-ring (bicyclic) bond motifs is 1. The second kappa shape index (κ2) is 8.40. The average Bonchev–Trinajstić information content (AvgIpc) is 3.17. The molecular formula is C17H18F2N6O3S2. The smallest absolute Gasteiger partial charge is 0.387 e. The van der Waals surface area contributed by atoms with Crippen molar-refractivity contribution in [3.63, 3.8) is 0 Å². The van der Waals surface area contributed by atoms with Crippen molar-refractivity contribution in [2.45, 2.75) is 31.6 Å². The van der Waals surface area contributed by atoms with Crippen LogP contribution in [0.4, 0.5) is 14.6 Å². The van der Waals surface area contributed by atoms with Crippen LogP contribution in [-0.2, 0) is 10.3 Å². The Morgan fingerprint density at radius 2 is 2.20 bits per heavy atom. The molecule has 9 nitrogen and oxygen atoms in total. The Balaban J connectivity index is 1.51. The molecule has 1 amide bonds. The van der Waals surface area contributed by atoms with E-state index in [-0.39, 0.29) is 23.6 Å². The highest BCUT2D eigenvalue weighted by Crippen LogP contribution is 2.47. The van der Waals surface area contributed by atoms with Crippen LogP contribution >= 0.6 is 23.1 Å². The van der Waals surface area contributed by atoms with Gasteiger partial charge in [-0.25, -0.2) is 19.9 Å². The first kappa shape index (κ1) is 20.9. The molecule has 30 heavy (non-hydrogen) atoms. The molecule has 0 radical (unpaired) electrons. The number of hydrogen-bond donors (Lipinski definition) is 2. The Morgan fingerprint density at radius 3 is 2.93 bits per heavy atom. The van der Waals surface area contributed by atoms with Crippen molar-refractivity contribution in [1.82, 2.24) is 15.0 Å². The van der Waals surface area contributed by atoms with Gasteiger partial charge in [-0.3, -0.25) is 4.79 Å². The number of nitrogens with one attached hydrogen (secondary N) is 1. The van der Waals surface area contributed by atoms with Crippen molar-refractivity contribution in [3.8, 4) is 5.75 Å². The number of thioether (sulfide) groups is 1. The third kappa shape index (κ3) is 4.23. The molecule has 4 rings (SSSR count). The van der Waals surface area contributed by atoms with Gasteiger partial charge in [0.2, 0.25) is 5.82 Å². The predicted octanol–water partition coefficient (Wildman–Crippen LogP) is 2.47. The van der Waals surface area contributed by atoms with Crippen molar-refractivity contribution in [2.24, 2.45) is 16.6 Å². The van der Waals surface area contributed by atoms with E-state index in [0.717, 1.165) is 24.6 Å². The third-order valence-corrected chi connectivity index (χ3v) is 6.76. The Bertz CT molecular complexity index is 957. The topological polar surface area (TPSA) is 125 Å². The van der Waals surface area contributed by atoms with Crippen LogP contribution in [0, 0.1) is 5.92 Å². The molecule has 3 unspecified atom stereocenters. The number of anilines is 1. The van der Waals surface area contributed by atoms with Crippen LogP contribution in [0.3, 0.4) is 0 Å². The van der Waals surface area contributed by atoms with Gasteiger partial charge in [0.25, 0.3) is 5.91 Å². The molecule has 0 bridgehead atoms. The SMILES string of the molecule is CC1CC2CSC(N)=NC2(c2nc(NC(=O)c3ncc(OC(F)F)cn3)cs2)CO1. The molecule has 160 valence electrons. The highest BCUT2D eigenvalue weighted by molar-refractivity contribution is 8.13. The van der Waals surface area contributed by atoms with Gasteiger partial charge in [0.05, 0.1) is 25.1 Å². The Labute approximate surface area is 178 Å². The number of carbonyl (C=O) groups excluding carboxylic acids is 1. The van der Waals surface area contributed by atoms with E-state index in [1.807, 2.05) is 6.92 Å². The zero-order valence-corrected chi connectivity index (χ0v) is 17.4. The van der Waals surface area contributed by atoms with Crippen LogP contribution in [0.1, 0.15) is 29.0 Å². The summed E-state index contributed by atoms with van der Waals surface area (Å²) in [5.74, 6) is 0.299. The summed E-state index contributed by atoms with van der Waals surface area (Å²) in [7, 11) is 0. The average molecular weight is 457 g/mol. The summed E-state index contributed by atoms with van der Waals surface area (Å²) < 4.78 is 34.4. The van der Waals surface area contributed by atoms with Crippen LogP contribution in [-0.4, -0.2) is 51.1 Å². The highest BCUT2D eigenvalue weighted by atomic mass is 32.2. The fraction of sp³-hybridized carbons (Fsp3) is 0.471. The van der Waals surface area contributed by atoms with Crippen LogP contribution in [0.25, 0.3) is 0 Å². The van der Waals surface area contributed by atoms with Crippen molar-refractivity contribution >= 4 is 40.0 Å². The first-order valence-electron chi connectivity index (χ1n) is 8.99. The minimum atomic E-state index is -2.99. The molecule has 13 heteroatoms. The summed E-state index contributed by atoms with van der Waals surface area (Å²) in [6, 6.07) is 0. The van der Waals surface area contributed by atoms with Gasteiger partial charge in [0.1, 0.15) is 16.4 Å². The lowest BCUT2D eigenvalue weighted by atomic mass is 9.80. The highest BCUT2D eigenvalue weighted by Gasteiger charge is 2.49. The molecule has 0 aromatic carbocycles. The number of ether oxygens (including phenoxy) is 2. The number of nitrogens with two attached hydrogens (primary N) is 1. The molecule has 4 heterocycles. The maximum atomic E-state index is 12.4. The number of amides is 1. The number of rotatable bonds is 5. The van der Waals surface area contributed by atoms with Gasteiger partial charge >= 0.3 is 6.61 Å². The number of thiazole rings is 1. The molecule has 2 aliphatic rings. The summed E-state index contributed by atoms with van der Waals surface area (Å²) >= 11 is 2.88. The molecule has 0 saturated carbocycles. The first-order chi connectivity index (χ1) is 14.4. The lowest BCUT2D eigenvalue weighted by Crippen LogP contribution is -2.49. The Morgan fingerprint density at radius 1 is 1.43 bits per heavy atom. The number of halogens is 2. The van der Waals surface area contributed by atoms with Crippen LogP contribution in [0.2, 0.25) is 0 Å². The molecule has 1 saturated heterocycles. The molecule has 2 aliphatic heterocycles. The molecular weight excluding hydrogens is 438 g/mol. The van der Waals surface area contributed by atoms with E-state index in [9.17, 15) is 13.6 Å². The number of aromatic nitrogens is 3. The minimum absolute atomic E-state index is 0.131. The predicted molar refractivity (Wildman–Crippen MR) is 108 cm³/mol. The second-order valence-corrected chi connectivity index (χ2v) is 8.75. The van der Waals surface area contributed by atoms with Gasteiger partial charge in [-0.1, -0.05) is 11.8 Å². The van der Waals surface area contributed by atoms with Crippen molar-refractivity contribution in [2.75, 3.05) is 17.7 Å². The van der Waals surface area contributed by atoms with Crippen molar-refractivity contribution < 1.29 is 23.0 Å². The fourth-order valence-corrected chi connectivity index (χ4v) is 5.35. The number of aliphatic imine (C=N–C) groups is 1. The normalized spacial score (nSPS) is 26.1. The molecule has 0 aliphatic carbocycles. The molecule has 2 aromatic rings. The number of carbonyl (C=O) groups is 1. The Hall–Kier alpha value is -2.38. The largest absolute Gasteiger partial charge is 0.432 e. The van der Waals surface area contributed by atoms with E-state index in [2.05, 4.69) is 25.0 Å². The number of nitrogens with zero attached hydrogens (tertiary/aromatic N) is 4. The maximum Gasteiger partial charge on any atom is 0.387 e. The first-order valence-corrected chi connectivity index (χ1v) is 10.9. The van der Waals surface area contributed by atoms with Crippen LogP contribution < -0.4 is 15.8 Å². The number of alkyl halides is 2. The van der Waals surface area contributed by atoms with Crippen LogP contribution in [0.15, 0.2) is 22.8 Å². The quantitative estimate of drug-likeness (QED) is 0.703. The molecule has 2 aromatic heterocycles. The summed E-state index contributed by atoms with van der Waals surface area (Å²) in [5.41, 5.74) is 5.33. The molecule has 3 N–H and O–H groups in total. The Kier molecular flexibility index (Phi) is 5.84. The standard InChI is InChI=1S/C17H18F2N6O3S2/c1-8-2-9-5-30-16(20)25-17(9,7-27-8)14-24-11(6-29-14)23-13(26)12-21-3-10(4-22-12)28-15(18)19/h3-4,6,8-9,15H,2,5,7H2,1H3,(H2,20,25)(H,23,26). The zero-order chi connectivity index (χ0) is 21.3. The number of hydrogen-bond acceptors (Lipinski definition) is 10. The van der Waals surface area contributed by atoms with Gasteiger partial charge in [0, 0.05) is 17.1 Å². The van der Waals surface area contributed by atoms with E-state index in [4.69, 9.17) is 15.5 Å². The maximum absolute atomic E-state index is 12.4. The third-order valence-electron chi connectivity index (χ3n) is 4.79. The van der Waals surface area contributed by atoms with E-state index >= 15 is 0 Å². The van der Waals surface area contributed by atoms with E-state index in [0.29, 0.717) is 22.6 Å². The van der Waals surface area contributed by atoms with Crippen LogP contribution in [0.5, 0.6) is 5.75 Å². The molecule has 0 spiro atoms. The van der Waals surface area contributed by atoms with Gasteiger partial charge < -0.3 is 20.5 Å². The molecule has 3 atom stereocenters. The lowest BCUT2D eigenvalue weighted by Gasteiger charge is -2.44. The monoisotopic (exact) mass is 456 g/mol. The fourth-order valence-electron chi connectivity index (χ4n) is 3.38. The second-order valence-electron chi connectivity index (χ2n) is 6.85. The zero-order valence-electron chi connectivity index (χ0n) is 15.7. The number of amidine groups is 1. The lowest BCUT2D eigenvalue weighted by molar-refractivity contribution is -0.0503. The summed E-state index contributed by atoms with van der Waals surface area (Å²) in [5, 5.41) is 5.50. The van der Waals surface area contributed by atoms with Gasteiger partial charge in [-0.15, -0.1) is 11.3 Å². The summed E-state index contributed by atoms with van der Waals surface area (Å²) in [4.78, 5) is 29.1.